The van der Waals surface area contributed by atoms with Crippen molar-refractivity contribution >= 4 is 5.91 Å². The lowest BCUT2D eigenvalue weighted by atomic mass is 10.1. The molecule has 1 fully saturated rings. The van der Waals surface area contributed by atoms with Gasteiger partial charge in [0.05, 0.1) is 6.42 Å². The Hall–Kier alpha value is -2.54. The van der Waals surface area contributed by atoms with Gasteiger partial charge >= 0.3 is 6.61 Å². The monoisotopic (exact) mass is 392 g/mol. The summed E-state index contributed by atoms with van der Waals surface area (Å²) >= 11 is 0. The van der Waals surface area contributed by atoms with Crippen molar-refractivity contribution in [2.45, 2.75) is 26.0 Å². The summed E-state index contributed by atoms with van der Waals surface area (Å²) in [7, 11) is 0. The second kappa shape index (κ2) is 9.59. The van der Waals surface area contributed by atoms with Crippen LogP contribution in [0.4, 0.5) is 13.2 Å². The summed E-state index contributed by atoms with van der Waals surface area (Å²) in [6.07, 6.45) is 1.10. The van der Waals surface area contributed by atoms with Crippen molar-refractivity contribution < 1.29 is 22.7 Å². The average molecular weight is 392 g/mol. The molecule has 0 N–H and O–H groups in total. The first-order chi connectivity index (χ1) is 13.5. The first-order valence-electron chi connectivity index (χ1n) is 9.28. The number of rotatable bonds is 6. The third-order valence-corrected chi connectivity index (χ3v) is 4.76. The fourth-order valence-electron chi connectivity index (χ4n) is 3.30. The maximum atomic E-state index is 13.0. The Morgan fingerprint density at radius 2 is 1.61 bits per heavy atom. The van der Waals surface area contributed by atoms with Gasteiger partial charge in [-0.3, -0.25) is 9.69 Å². The van der Waals surface area contributed by atoms with E-state index in [0.29, 0.717) is 13.1 Å². The molecule has 1 amide bonds. The van der Waals surface area contributed by atoms with Crippen LogP contribution in [0.2, 0.25) is 0 Å². The average Bonchev–Trinajstić information content (AvgIpc) is 2.90. The van der Waals surface area contributed by atoms with Crippen LogP contribution in [0.15, 0.2) is 48.5 Å². The SMILES string of the molecule is O=C(Cc1ccc(OC(F)F)cc1)N1CCCN(Cc2ccc(F)cc2)CC1. The fraction of sp³-hybridized carbons (Fsp3) is 0.381. The number of hydrogen-bond acceptors (Lipinski definition) is 3. The van der Waals surface area contributed by atoms with Crippen LogP contribution in [0.5, 0.6) is 5.75 Å². The predicted octanol–water partition coefficient (Wildman–Crippen LogP) is 3.70. The van der Waals surface area contributed by atoms with E-state index in [9.17, 15) is 18.0 Å². The summed E-state index contributed by atoms with van der Waals surface area (Å²) in [6, 6.07) is 12.6. The molecular formula is C21H23F3N2O2. The summed E-state index contributed by atoms with van der Waals surface area (Å²) in [5.74, 6) is -0.145. The highest BCUT2D eigenvalue weighted by Crippen LogP contribution is 2.16. The summed E-state index contributed by atoms with van der Waals surface area (Å²) < 4.78 is 41.7. The van der Waals surface area contributed by atoms with Crippen LogP contribution in [0.25, 0.3) is 0 Å². The molecule has 1 aliphatic heterocycles. The summed E-state index contributed by atoms with van der Waals surface area (Å²) in [4.78, 5) is 16.7. The number of hydrogen-bond donors (Lipinski definition) is 0. The molecule has 0 bridgehead atoms. The molecule has 0 aromatic heterocycles. The smallest absolute Gasteiger partial charge is 0.387 e. The van der Waals surface area contributed by atoms with E-state index >= 15 is 0 Å². The van der Waals surface area contributed by atoms with Crippen LogP contribution >= 0.6 is 0 Å². The zero-order chi connectivity index (χ0) is 19.9. The van der Waals surface area contributed by atoms with Gasteiger partial charge in [0.2, 0.25) is 5.91 Å². The van der Waals surface area contributed by atoms with E-state index in [0.717, 1.165) is 37.2 Å². The summed E-state index contributed by atoms with van der Waals surface area (Å²) in [5.41, 5.74) is 1.81. The molecule has 0 aliphatic carbocycles. The van der Waals surface area contributed by atoms with Crippen LogP contribution in [0.3, 0.4) is 0 Å². The number of carbonyl (C=O) groups is 1. The van der Waals surface area contributed by atoms with Crippen molar-refractivity contribution in [3.63, 3.8) is 0 Å². The van der Waals surface area contributed by atoms with E-state index in [1.54, 1.807) is 24.3 Å². The Kier molecular flexibility index (Phi) is 6.92. The highest BCUT2D eigenvalue weighted by atomic mass is 19.3. The maximum absolute atomic E-state index is 13.0. The minimum atomic E-state index is -2.86. The highest BCUT2D eigenvalue weighted by Gasteiger charge is 2.19. The predicted molar refractivity (Wildman–Crippen MR) is 99.7 cm³/mol. The molecule has 2 aromatic rings. The Morgan fingerprint density at radius 3 is 2.29 bits per heavy atom. The van der Waals surface area contributed by atoms with Gasteiger partial charge in [-0.05, 0) is 41.8 Å². The Bertz CT molecular complexity index is 766. The maximum Gasteiger partial charge on any atom is 0.387 e. The molecule has 0 spiro atoms. The van der Waals surface area contributed by atoms with Gasteiger partial charge in [-0.15, -0.1) is 0 Å². The lowest BCUT2D eigenvalue weighted by Gasteiger charge is -2.22. The molecule has 4 nitrogen and oxygen atoms in total. The van der Waals surface area contributed by atoms with E-state index < -0.39 is 6.61 Å². The molecule has 3 rings (SSSR count). The van der Waals surface area contributed by atoms with Crippen molar-refractivity contribution in [2.75, 3.05) is 26.2 Å². The van der Waals surface area contributed by atoms with Gasteiger partial charge in [0, 0.05) is 32.7 Å². The molecule has 0 atom stereocenters. The zero-order valence-corrected chi connectivity index (χ0v) is 15.5. The zero-order valence-electron chi connectivity index (χ0n) is 15.5. The van der Waals surface area contributed by atoms with Crippen molar-refractivity contribution in [3.8, 4) is 5.75 Å². The first-order valence-corrected chi connectivity index (χ1v) is 9.28. The van der Waals surface area contributed by atoms with Gasteiger partial charge in [0.1, 0.15) is 11.6 Å². The molecule has 28 heavy (non-hydrogen) atoms. The topological polar surface area (TPSA) is 32.8 Å². The van der Waals surface area contributed by atoms with E-state index in [4.69, 9.17) is 0 Å². The number of ether oxygens (including phenoxy) is 1. The molecule has 2 aromatic carbocycles. The number of halogens is 3. The van der Waals surface area contributed by atoms with Gasteiger partial charge < -0.3 is 9.64 Å². The molecule has 0 unspecified atom stereocenters. The molecule has 1 saturated heterocycles. The van der Waals surface area contributed by atoms with Gasteiger partial charge in [0.15, 0.2) is 0 Å². The summed E-state index contributed by atoms with van der Waals surface area (Å²) in [6.45, 7) is 0.819. The van der Waals surface area contributed by atoms with Crippen molar-refractivity contribution in [1.82, 2.24) is 9.80 Å². The largest absolute Gasteiger partial charge is 0.435 e. The number of amides is 1. The van der Waals surface area contributed by atoms with Crippen LogP contribution in [0, 0.1) is 5.82 Å². The van der Waals surface area contributed by atoms with Crippen LogP contribution < -0.4 is 4.74 Å². The first kappa shape index (κ1) is 20.2. The third kappa shape index (κ3) is 5.99. The molecule has 1 aliphatic rings. The van der Waals surface area contributed by atoms with E-state index in [2.05, 4.69) is 9.64 Å². The van der Waals surface area contributed by atoms with Crippen molar-refractivity contribution in [3.05, 3.63) is 65.5 Å². The number of benzene rings is 2. The third-order valence-electron chi connectivity index (χ3n) is 4.76. The molecule has 1 heterocycles. The van der Waals surface area contributed by atoms with Crippen LogP contribution in [-0.2, 0) is 17.8 Å². The molecule has 150 valence electrons. The highest BCUT2D eigenvalue weighted by molar-refractivity contribution is 5.78. The number of alkyl halides is 2. The lowest BCUT2D eigenvalue weighted by Crippen LogP contribution is -2.36. The standard InChI is InChI=1S/C21H23F3N2O2/c22-18-6-2-17(3-7-18)15-25-10-1-11-26(13-12-25)20(27)14-16-4-8-19(9-5-16)28-21(23)24/h2-9,21H,1,10-15H2. The quantitative estimate of drug-likeness (QED) is 0.752. The second-order valence-corrected chi connectivity index (χ2v) is 6.84. The minimum absolute atomic E-state index is 0.0196. The van der Waals surface area contributed by atoms with Gasteiger partial charge in [-0.2, -0.15) is 8.78 Å². The van der Waals surface area contributed by atoms with Crippen molar-refractivity contribution in [1.29, 1.82) is 0 Å². The molecule has 0 saturated carbocycles. The van der Waals surface area contributed by atoms with E-state index in [1.165, 1.54) is 24.3 Å². The lowest BCUT2D eigenvalue weighted by molar-refractivity contribution is -0.130. The van der Waals surface area contributed by atoms with Gasteiger partial charge in [0.25, 0.3) is 0 Å². The van der Waals surface area contributed by atoms with Crippen LogP contribution in [0.1, 0.15) is 17.5 Å². The molecule has 7 heteroatoms. The number of carbonyl (C=O) groups excluding carboxylic acids is 1. The van der Waals surface area contributed by atoms with Gasteiger partial charge in [-0.1, -0.05) is 24.3 Å². The Morgan fingerprint density at radius 1 is 0.929 bits per heavy atom. The van der Waals surface area contributed by atoms with Crippen molar-refractivity contribution in [2.24, 2.45) is 0 Å². The van der Waals surface area contributed by atoms with E-state index in [1.807, 2.05) is 4.90 Å². The normalized spacial score (nSPS) is 15.5. The summed E-state index contributed by atoms with van der Waals surface area (Å²) in [5, 5.41) is 0. The Balaban J connectivity index is 1.50. The number of nitrogens with zero attached hydrogens (tertiary/aromatic N) is 2. The second-order valence-electron chi connectivity index (χ2n) is 6.84. The van der Waals surface area contributed by atoms with Crippen LogP contribution in [-0.4, -0.2) is 48.5 Å². The van der Waals surface area contributed by atoms with Gasteiger partial charge in [-0.25, -0.2) is 4.39 Å². The molecular weight excluding hydrogens is 369 g/mol. The Labute approximate surface area is 162 Å². The fourth-order valence-corrected chi connectivity index (χ4v) is 3.30. The van der Waals surface area contributed by atoms with E-state index in [-0.39, 0.29) is 23.9 Å². The molecule has 0 radical (unpaired) electrons. The minimum Gasteiger partial charge on any atom is -0.435 e.